The summed E-state index contributed by atoms with van der Waals surface area (Å²) < 4.78 is 0.949. The van der Waals surface area contributed by atoms with E-state index in [-0.39, 0.29) is 5.91 Å². The van der Waals surface area contributed by atoms with Gasteiger partial charge in [-0.2, -0.15) is 0 Å². The molecule has 0 aliphatic heterocycles. The molecule has 0 aliphatic carbocycles. The molecule has 1 aromatic heterocycles. The highest BCUT2D eigenvalue weighted by Gasteiger charge is 2.14. The number of nitrogens with one attached hydrogen (secondary N) is 1. The van der Waals surface area contributed by atoms with Crippen molar-refractivity contribution < 1.29 is 4.79 Å². The molecule has 0 bridgehead atoms. The van der Waals surface area contributed by atoms with Crippen molar-refractivity contribution in [3.63, 3.8) is 0 Å². The number of benzene rings is 1. The Labute approximate surface area is 121 Å². The molecular formula is C13H16ClN3OS. The summed E-state index contributed by atoms with van der Waals surface area (Å²) in [4.78, 5) is 16.2. The molecule has 6 heteroatoms. The van der Waals surface area contributed by atoms with Crippen LogP contribution in [0, 0.1) is 0 Å². The molecule has 0 fully saturated rings. The SMILES string of the molecule is CCCC[C@H](N)C(=O)Nc1nc2ccc(Cl)cc2s1. The molecule has 0 aliphatic rings. The highest BCUT2D eigenvalue weighted by Crippen LogP contribution is 2.28. The van der Waals surface area contributed by atoms with Crippen LogP contribution in [0.1, 0.15) is 26.2 Å². The first kappa shape index (κ1) is 14.2. The Hall–Kier alpha value is -1.17. The molecule has 1 aromatic carbocycles. The first-order valence-electron chi connectivity index (χ1n) is 6.22. The van der Waals surface area contributed by atoms with Gasteiger partial charge in [0.15, 0.2) is 5.13 Å². The highest BCUT2D eigenvalue weighted by atomic mass is 35.5. The van der Waals surface area contributed by atoms with Crippen molar-refractivity contribution >= 4 is 44.2 Å². The van der Waals surface area contributed by atoms with E-state index in [1.54, 1.807) is 6.07 Å². The van der Waals surface area contributed by atoms with Gasteiger partial charge in [-0.25, -0.2) is 4.98 Å². The summed E-state index contributed by atoms with van der Waals surface area (Å²) in [5, 5.41) is 3.98. The lowest BCUT2D eigenvalue weighted by Crippen LogP contribution is -2.35. The summed E-state index contributed by atoms with van der Waals surface area (Å²) in [6.07, 6.45) is 2.67. The molecule has 4 nitrogen and oxygen atoms in total. The number of halogens is 1. The maximum atomic E-state index is 11.9. The number of hydrogen-bond donors (Lipinski definition) is 2. The summed E-state index contributed by atoms with van der Waals surface area (Å²) >= 11 is 7.31. The van der Waals surface area contributed by atoms with Crippen molar-refractivity contribution in [1.29, 1.82) is 0 Å². The molecule has 1 amide bonds. The third-order valence-electron chi connectivity index (χ3n) is 2.79. The van der Waals surface area contributed by atoms with E-state index in [2.05, 4.69) is 17.2 Å². The first-order valence-corrected chi connectivity index (χ1v) is 7.42. The molecular weight excluding hydrogens is 282 g/mol. The summed E-state index contributed by atoms with van der Waals surface area (Å²) in [5.74, 6) is -0.182. The van der Waals surface area contributed by atoms with Crippen LogP contribution < -0.4 is 11.1 Å². The minimum Gasteiger partial charge on any atom is -0.320 e. The fourth-order valence-corrected chi connectivity index (χ4v) is 2.85. The van der Waals surface area contributed by atoms with Gasteiger partial charge >= 0.3 is 0 Å². The summed E-state index contributed by atoms with van der Waals surface area (Å²) in [7, 11) is 0. The molecule has 19 heavy (non-hydrogen) atoms. The number of hydrogen-bond acceptors (Lipinski definition) is 4. The number of amides is 1. The number of aromatic nitrogens is 1. The lowest BCUT2D eigenvalue weighted by atomic mass is 10.1. The van der Waals surface area contributed by atoms with Crippen LogP contribution in [0.5, 0.6) is 0 Å². The Morgan fingerprint density at radius 2 is 2.37 bits per heavy atom. The Kier molecular flexibility index (Phi) is 4.74. The van der Waals surface area contributed by atoms with Crippen molar-refractivity contribution in [3.8, 4) is 0 Å². The van der Waals surface area contributed by atoms with Gasteiger partial charge < -0.3 is 11.1 Å². The molecule has 0 spiro atoms. The zero-order chi connectivity index (χ0) is 13.8. The third kappa shape index (κ3) is 3.65. The van der Waals surface area contributed by atoms with Gasteiger partial charge in [0.25, 0.3) is 0 Å². The number of nitrogens with zero attached hydrogens (tertiary/aromatic N) is 1. The predicted octanol–water partition coefficient (Wildman–Crippen LogP) is 3.41. The molecule has 0 saturated carbocycles. The molecule has 1 atom stereocenters. The van der Waals surface area contributed by atoms with Crippen molar-refractivity contribution in [2.75, 3.05) is 5.32 Å². The normalized spacial score (nSPS) is 12.6. The van der Waals surface area contributed by atoms with E-state index in [0.717, 1.165) is 23.1 Å². The van der Waals surface area contributed by atoms with Crippen LogP contribution in [0.15, 0.2) is 18.2 Å². The Balaban J connectivity index is 2.06. The van der Waals surface area contributed by atoms with Gasteiger partial charge in [-0.15, -0.1) is 0 Å². The summed E-state index contributed by atoms with van der Waals surface area (Å²) in [6.45, 7) is 2.07. The second kappa shape index (κ2) is 6.32. The fraction of sp³-hybridized carbons (Fsp3) is 0.385. The van der Waals surface area contributed by atoms with Gasteiger partial charge in [-0.3, -0.25) is 4.79 Å². The van der Waals surface area contributed by atoms with Crippen molar-refractivity contribution in [3.05, 3.63) is 23.2 Å². The number of thiazole rings is 1. The van der Waals surface area contributed by atoms with Gasteiger partial charge in [0, 0.05) is 5.02 Å². The lowest BCUT2D eigenvalue weighted by molar-refractivity contribution is -0.117. The quantitative estimate of drug-likeness (QED) is 0.888. The monoisotopic (exact) mass is 297 g/mol. The van der Waals surface area contributed by atoms with Gasteiger partial charge in [-0.05, 0) is 24.6 Å². The number of carbonyl (C=O) groups excluding carboxylic acids is 1. The lowest BCUT2D eigenvalue weighted by Gasteiger charge is -2.09. The van der Waals surface area contributed by atoms with Crippen molar-refractivity contribution in [2.45, 2.75) is 32.2 Å². The smallest absolute Gasteiger partial charge is 0.243 e. The molecule has 3 N–H and O–H groups in total. The van der Waals surface area contributed by atoms with E-state index in [4.69, 9.17) is 17.3 Å². The van der Waals surface area contributed by atoms with Crippen molar-refractivity contribution in [1.82, 2.24) is 4.98 Å². The minimum atomic E-state index is -0.476. The zero-order valence-electron chi connectivity index (χ0n) is 10.6. The zero-order valence-corrected chi connectivity index (χ0v) is 12.2. The van der Waals surface area contributed by atoms with Crippen LogP contribution in [0.4, 0.5) is 5.13 Å². The van der Waals surface area contributed by atoms with Crippen LogP contribution in [-0.2, 0) is 4.79 Å². The largest absolute Gasteiger partial charge is 0.320 e. The Bertz CT molecular complexity index is 584. The number of rotatable bonds is 5. The third-order valence-corrected chi connectivity index (χ3v) is 3.95. The molecule has 0 saturated heterocycles. The Morgan fingerprint density at radius 1 is 1.58 bits per heavy atom. The maximum Gasteiger partial charge on any atom is 0.243 e. The second-order valence-electron chi connectivity index (χ2n) is 4.37. The Morgan fingerprint density at radius 3 is 3.11 bits per heavy atom. The molecule has 1 heterocycles. The average Bonchev–Trinajstić information content (AvgIpc) is 2.77. The number of unbranched alkanes of at least 4 members (excludes halogenated alkanes) is 1. The van der Waals surface area contributed by atoms with E-state index >= 15 is 0 Å². The first-order chi connectivity index (χ1) is 9.10. The second-order valence-corrected chi connectivity index (χ2v) is 5.84. The van der Waals surface area contributed by atoms with E-state index in [1.165, 1.54) is 11.3 Å². The van der Waals surface area contributed by atoms with Crippen LogP contribution in [0.2, 0.25) is 5.02 Å². The van der Waals surface area contributed by atoms with E-state index in [1.807, 2.05) is 12.1 Å². The van der Waals surface area contributed by atoms with Gasteiger partial charge in [0.2, 0.25) is 5.91 Å². The van der Waals surface area contributed by atoms with E-state index < -0.39 is 6.04 Å². The van der Waals surface area contributed by atoms with E-state index in [0.29, 0.717) is 16.6 Å². The van der Waals surface area contributed by atoms with Crippen LogP contribution in [-0.4, -0.2) is 16.9 Å². The maximum absolute atomic E-state index is 11.9. The number of anilines is 1. The molecule has 102 valence electrons. The topological polar surface area (TPSA) is 68.0 Å². The number of carbonyl (C=O) groups is 1. The minimum absolute atomic E-state index is 0.182. The molecule has 2 rings (SSSR count). The molecule has 0 unspecified atom stereocenters. The predicted molar refractivity (Wildman–Crippen MR) is 80.8 cm³/mol. The van der Waals surface area contributed by atoms with Crippen LogP contribution in [0.3, 0.4) is 0 Å². The standard InChI is InChI=1S/C13H16ClN3OS/c1-2-3-4-9(15)12(18)17-13-16-10-6-5-8(14)7-11(10)19-13/h5-7,9H,2-4,15H2,1H3,(H,16,17,18)/t9-/m0/s1. The fourth-order valence-electron chi connectivity index (χ4n) is 1.71. The number of nitrogens with two attached hydrogens (primary N) is 1. The summed E-state index contributed by atoms with van der Waals surface area (Å²) in [6, 6.07) is 4.97. The average molecular weight is 298 g/mol. The molecule has 2 aromatic rings. The molecule has 0 radical (unpaired) electrons. The van der Waals surface area contributed by atoms with Gasteiger partial charge in [0.1, 0.15) is 0 Å². The van der Waals surface area contributed by atoms with Gasteiger partial charge in [-0.1, -0.05) is 42.7 Å². The van der Waals surface area contributed by atoms with E-state index in [9.17, 15) is 4.79 Å². The van der Waals surface area contributed by atoms with Crippen LogP contribution in [0.25, 0.3) is 10.2 Å². The van der Waals surface area contributed by atoms with Crippen LogP contribution >= 0.6 is 22.9 Å². The summed E-state index contributed by atoms with van der Waals surface area (Å²) in [5.41, 5.74) is 6.64. The highest BCUT2D eigenvalue weighted by molar-refractivity contribution is 7.22. The van der Waals surface area contributed by atoms with Crippen molar-refractivity contribution in [2.24, 2.45) is 5.73 Å². The number of fused-ring (bicyclic) bond motifs is 1. The van der Waals surface area contributed by atoms with Gasteiger partial charge in [0.05, 0.1) is 16.3 Å².